The highest BCUT2D eigenvalue weighted by atomic mass is 15.0. The van der Waals surface area contributed by atoms with Gasteiger partial charge < -0.3 is 13.7 Å². The molecule has 4 aromatic heterocycles. The summed E-state index contributed by atoms with van der Waals surface area (Å²) >= 11 is 0. The Kier molecular flexibility index (Phi) is 5.92. The molecule has 0 spiro atoms. The minimum absolute atomic E-state index is 1.10. The van der Waals surface area contributed by atoms with Crippen LogP contribution in [0.4, 0.5) is 0 Å². The maximum Gasteiger partial charge on any atom is 0.0542 e. The van der Waals surface area contributed by atoms with Gasteiger partial charge in [0, 0.05) is 67.3 Å². The van der Waals surface area contributed by atoms with Gasteiger partial charge in [0.05, 0.1) is 33.1 Å². The molecule has 4 nitrogen and oxygen atoms in total. The molecule has 0 amide bonds. The van der Waals surface area contributed by atoms with Crippen molar-refractivity contribution in [1.29, 1.82) is 0 Å². The average Bonchev–Trinajstić information content (AvgIpc) is 3.83. The fourth-order valence-electron chi connectivity index (χ4n) is 8.32. The van der Waals surface area contributed by atoms with Crippen LogP contribution in [0.3, 0.4) is 0 Å². The first-order valence-electron chi connectivity index (χ1n) is 17.4. The highest BCUT2D eigenvalue weighted by molar-refractivity contribution is 6.14. The molecule has 7 aromatic carbocycles. The molecule has 0 aliphatic rings. The van der Waals surface area contributed by atoms with Crippen LogP contribution in [0, 0.1) is 0 Å². The second-order valence-corrected chi connectivity index (χ2v) is 13.3. The summed E-state index contributed by atoms with van der Waals surface area (Å²) in [5.41, 5.74) is 12.8. The SMILES string of the molecule is c1cncc(-c2cccc(-n3c4ccc(-n5c6ccccc6c6ccccc65)cc4c4cc(-n5c6ccccc6c6ccccc65)ccc43)c2)c1. The molecule has 0 N–H and O–H groups in total. The Morgan fingerprint density at radius 3 is 1.16 bits per heavy atom. The number of fused-ring (bicyclic) bond motifs is 9. The molecule has 11 rings (SSSR count). The fourth-order valence-corrected chi connectivity index (χ4v) is 8.32. The summed E-state index contributed by atoms with van der Waals surface area (Å²) < 4.78 is 7.23. The van der Waals surface area contributed by atoms with E-state index in [1.165, 1.54) is 54.4 Å². The third-order valence-corrected chi connectivity index (χ3v) is 10.5. The maximum absolute atomic E-state index is 4.40. The molecular weight excluding hydrogens is 621 g/mol. The molecule has 4 heteroatoms. The molecule has 0 aliphatic heterocycles. The van der Waals surface area contributed by atoms with Crippen LogP contribution in [0.1, 0.15) is 0 Å². The smallest absolute Gasteiger partial charge is 0.0542 e. The first-order valence-corrected chi connectivity index (χ1v) is 17.4. The van der Waals surface area contributed by atoms with E-state index in [0.29, 0.717) is 0 Å². The van der Waals surface area contributed by atoms with Gasteiger partial charge in [-0.05, 0) is 84.4 Å². The van der Waals surface area contributed by atoms with Crippen molar-refractivity contribution < 1.29 is 0 Å². The van der Waals surface area contributed by atoms with Gasteiger partial charge in [-0.15, -0.1) is 0 Å². The Hall–Kier alpha value is -6.91. The molecule has 0 bridgehead atoms. The summed E-state index contributed by atoms with van der Waals surface area (Å²) in [6.07, 6.45) is 3.75. The molecule has 0 saturated carbocycles. The lowest BCUT2D eigenvalue weighted by Crippen LogP contribution is -1.96. The molecular formula is C47H30N4. The second-order valence-electron chi connectivity index (χ2n) is 13.3. The van der Waals surface area contributed by atoms with Gasteiger partial charge in [-0.1, -0.05) is 91.0 Å². The van der Waals surface area contributed by atoms with Gasteiger partial charge in [-0.3, -0.25) is 4.98 Å². The number of hydrogen-bond acceptors (Lipinski definition) is 1. The Morgan fingerprint density at radius 2 is 0.706 bits per heavy atom. The van der Waals surface area contributed by atoms with E-state index in [4.69, 9.17) is 0 Å². The third kappa shape index (κ3) is 4.11. The lowest BCUT2D eigenvalue weighted by atomic mass is 10.1. The van der Waals surface area contributed by atoms with Crippen molar-refractivity contribution >= 4 is 65.4 Å². The van der Waals surface area contributed by atoms with Crippen molar-refractivity contribution in [3.63, 3.8) is 0 Å². The van der Waals surface area contributed by atoms with Crippen molar-refractivity contribution in [2.24, 2.45) is 0 Å². The minimum atomic E-state index is 1.10. The van der Waals surface area contributed by atoms with Crippen LogP contribution in [0.5, 0.6) is 0 Å². The van der Waals surface area contributed by atoms with Crippen LogP contribution in [0.15, 0.2) is 182 Å². The molecule has 0 radical (unpaired) electrons. The van der Waals surface area contributed by atoms with E-state index in [0.717, 1.165) is 39.2 Å². The van der Waals surface area contributed by atoms with E-state index in [-0.39, 0.29) is 0 Å². The largest absolute Gasteiger partial charge is 0.309 e. The van der Waals surface area contributed by atoms with Gasteiger partial charge >= 0.3 is 0 Å². The van der Waals surface area contributed by atoms with Crippen LogP contribution in [0.25, 0.3) is 93.6 Å². The van der Waals surface area contributed by atoms with Crippen molar-refractivity contribution in [1.82, 2.24) is 18.7 Å². The minimum Gasteiger partial charge on any atom is -0.309 e. The predicted molar refractivity (Wildman–Crippen MR) is 213 cm³/mol. The average molecular weight is 651 g/mol. The first-order chi connectivity index (χ1) is 25.3. The fraction of sp³-hybridized carbons (Fsp3) is 0. The summed E-state index contributed by atoms with van der Waals surface area (Å²) in [5.74, 6) is 0. The topological polar surface area (TPSA) is 27.7 Å². The zero-order valence-electron chi connectivity index (χ0n) is 27.6. The maximum atomic E-state index is 4.40. The Balaban J connectivity index is 1.22. The number of nitrogens with zero attached hydrogens (tertiary/aromatic N) is 4. The monoisotopic (exact) mass is 650 g/mol. The van der Waals surface area contributed by atoms with E-state index >= 15 is 0 Å². The van der Waals surface area contributed by atoms with E-state index in [1.807, 2.05) is 18.5 Å². The van der Waals surface area contributed by atoms with E-state index < -0.39 is 0 Å². The first kappa shape index (κ1) is 28.0. The van der Waals surface area contributed by atoms with Gasteiger partial charge in [0.15, 0.2) is 0 Å². The summed E-state index contributed by atoms with van der Waals surface area (Å²) in [6.45, 7) is 0. The summed E-state index contributed by atoms with van der Waals surface area (Å²) in [6, 6.07) is 61.7. The molecule has 0 unspecified atom stereocenters. The summed E-state index contributed by atoms with van der Waals surface area (Å²) in [5, 5.41) is 7.46. The standard InChI is InChI=1S/C47H30N4/c1-5-18-42-36(14-1)37-15-2-6-19-43(37)50(42)34-22-24-46-40(28-34)41-29-35(51-44-20-7-3-16-38(44)39-17-4-8-21-45(39)51)23-25-47(41)49(46)33-13-9-11-31(27-33)32-12-10-26-48-30-32/h1-30H. The zero-order valence-corrected chi connectivity index (χ0v) is 27.6. The number of para-hydroxylation sites is 4. The van der Waals surface area contributed by atoms with Crippen LogP contribution >= 0.6 is 0 Å². The lowest BCUT2D eigenvalue weighted by Gasteiger charge is -2.12. The lowest BCUT2D eigenvalue weighted by molar-refractivity contribution is 1.16. The van der Waals surface area contributed by atoms with Crippen LogP contribution < -0.4 is 0 Å². The van der Waals surface area contributed by atoms with Crippen molar-refractivity contribution in [3.8, 4) is 28.2 Å². The van der Waals surface area contributed by atoms with Crippen LogP contribution in [-0.4, -0.2) is 18.7 Å². The Bertz CT molecular complexity index is 2860. The third-order valence-electron chi connectivity index (χ3n) is 10.5. The molecule has 4 heterocycles. The normalized spacial score (nSPS) is 11.9. The number of pyridine rings is 1. The van der Waals surface area contributed by atoms with Crippen molar-refractivity contribution in [2.45, 2.75) is 0 Å². The van der Waals surface area contributed by atoms with Crippen molar-refractivity contribution in [2.75, 3.05) is 0 Å². The number of rotatable bonds is 4. The Morgan fingerprint density at radius 1 is 0.294 bits per heavy atom. The molecule has 11 aromatic rings. The summed E-state index contributed by atoms with van der Waals surface area (Å²) in [4.78, 5) is 4.40. The summed E-state index contributed by atoms with van der Waals surface area (Å²) in [7, 11) is 0. The van der Waals surface area contributed by atoms with Crippen LogP contribution in [-0.2, 0) is 0 Å². The molecule has 238 valence electrons. The quantitative estimate of drug-likeness (QED) is 0.186. The second kappa shape index (κ2) is 10.8. The van der Waals surface area contributed by atoms with Gasteiger partial charge in [-0.25, -0.2) is 0 Å². The van der Waals surface area contributed by atoms with Crippen molar-refractivity contribution in [3.05, 3.63) is 182 Å². The van der Waals surface area contributed by atoms with Gasteiger partial charge in [-0.2, -0.15) is 0 Å². The van der Waals surface area contributed by atoms with Gasteiger partial charge in [0.25, 0.3) is 0 Å². The highest BCUT2D eigenvalue weighted by Gasteiger charge is 2.19. The zero-order chi connectivity index (χ0) is 33.5. The number of benzene rings is 7. The molecule has 0 fully saturated rings. The van der Waals surface area contributed by atoms with E-state index in [1.54, 1.807) is 0 Å². The van der Waals surface area contributed by atoms with Gasteiger partial charge in [0.1, 0.15) is 0 Å². The van der Waals surface area contributed by atoms with E-state index in [2.05, 4.69) is 182 Å². The molecule has 0 saturated heterocycles. The number of hydrogen-bond donors (Lipinski definition) is 0. The van der Waals surface area contributed by atoms with Crippen LogP contribution in [0.2, 0.25) is 0 Å². The highest BCUT2D eigenvalue weighted by Crippen LogP contribution is 2.39. The van der Waals surface area contributed by atoms with E-state index in [9.17, 15) is 0 Å². The molecule has 51 heavy (non-hydrogen) atoms. The number of aromatic nitrogens is 4. The molecule has 0 atom stereocenters. The molecule has 0 aliphatic carbocycles. The van der Waals surface area contributed by atoms with Gasteiger partial charge in [0.2, 0.25) is 0 Å². The predicted octanol–water partition coefficient (Wildman–Crippen LogP) is 12.0. The Labute approximate surface area is 293 Å².